The molecule has 2 heterocycles. The molecule has 6 rings (SSSR count). The molecule has 57 heavy (non-hydrogen) atoms. The monoisotopic (exact) mass is 805 g/mol. The van der Waals surface area contributed by atoms with Gasteiger partial charge in [-0.05, 0) is 75.0 Å². The Balaban J connectivity index is 1.22. The van der Waals surface area contributed by atoms with Crippen LogP contribution >= 0.6 is 0 Å². The molecule has 3 N–H and O–H groups in total. The van der Waals surface area contributed by atoms with Crippen LogP contribution < -0.4 is 15.4 Å². The third-order valence-corrected chi connectivity index (χ3v) is 13.5. The summed E-state index contributed by atoms with van der Waals surface area (Å²) in [4.78, 5) is 72.3. The minimum absolute atomic E-state index is 0.0929. The Bertz CT molecular complexity index is 2020. The molecule has 1 saturated heterocycles. The molecule has 15 heteroatoms. The smallest absolute Gasteiger partial charge is 0.410 e. The number of hydrogen-bond donors (Lipinski definition) is 3. The molecule has 2 aliphatic heterocycles. The topological polar surface area (TPSA) is 181 Å². The Morgan fingerprint density at radius 2 is 1.61 bits per heavy atom. The first kappa shape index (κ1) is 41.7. The summed E-state index contributed by atoms with van der Waals surface area (Å²) in [5.74, 6) is -2.82. The largest absolute Gasteiger partial charge is 0.444 e. The zero-order valence-electron chi connectivity index (χ0n) is 33.6. The van der Waals surface area contributed by atoms with Gasteiger partial charge >= 0.3 is 12.2 Å². The van der Waals surface area contributed by atoms with E-state index < -0.39 is 85.3 Å². The lowest BCUT2D eigenvalue weighted by Crippen LogP contribution is -2.60. The number of hydrogen-bond acceptors (Lipinski definition) is 9. The fourth-order valence-corrected chi connectivity index (χ4v) is 9.43. The highest BCUT2D eigenvalue weighted by Crippen LogP contribution is 2.48. The van der Waals surface area contributed by atoms with Crippen LogP contribution in [0.4, 0.5) is 9.59 Å². The van der Waals surface area contributed by atoms with Crippen LogP contribution in [0.25, 0.3) is 0 Å². The molecule has 0 radical (unpaired) electrons. The minimum atomic E-state index is -4.17. The summed E-state index contributed by atoms with van der Waals surface area (Å²) in [6.07, 6.45) is 0.779. The molecule has 0 bridgehead atoms. The molecule has 2 aromatic carbocycles. The van der Waals surface area contributed by atoms with E-state index in [-0.39, 0.29) is 25.8 Å². The zero-order chi connectivity index (χ0) is 41.6. The van der Waals surface area contributed by atoms with Crippen molar-refractivity contribution in [3.63, 3.8) is 0 Å². The number of benzene rings is 2. The van der Waals surface area contributed by atoms with Crippen molar-refractivity contribution in [3.05, 3.63) is 83.9 Å². The first-order valence-electron chi connectivity index (χ1n) is 19.5. The lowest BCUT2D eigenvalue weighted by molar-refractivity contribution is -0.143. The van der Waals surface area contributed by atoms with Crippen LogP contribution in [-0.4, -0.2) is 95.3 Å². The summed E-state index contributed by atoms with van der Waals surface area (Å²) in [5, 5.41) is 5.47. The molecule has 4 aliphatic rings. The number of alkyl carbamates (subject to hydrolysis) is 1. The predicted octanol–water partition coefficient (Wildman–Crippen LogP) is 4.37. The summed E-state index contributed by atoms with van der Waals surface area (Å²) >= 11 is 0. The highest BCUT2D eigenvalue weighted by Gasteiger charge is 2.63. The fourth-order valence-electron chi connectivity index (χ4n) is 7.79. The number of amides is 5. The van der Waals surface area contributed by atoms with Gasteiger partial charge in [-0.25, -0.2) is 18.0 Å². The van der Waals surface area contributed by atoms with Crippen molar-refractivity contribution in [2.24, 2.45) is 11.3 Å². The summed E-state index contributed by atoms with van der Waals surface area (Å²) in [5.41, 5.74) is -0.376. The predicted molar refractivity (Wildman–Crippen MR) is 212 cm³/mol. The van der Waals surface area contributed by atoms with E-state index in [4.69, 9.17) is 9.47 Å². The first-order valence-corrected chi connectivity index (χ1v) is 21.0. The molecular formula is C42H55N5O9S. The van der Waals surface area contributed by atoms with E-state index in [1.807, 2.05) is 54.6 Å². The van der Waals surface area contributed by atoms with E-state index in [1.165, 1.54) is 11.0 Å². The van der Waals surface area contributed by atoms with Crippen molar-refractivity contribution < 1.29 is 41.9 Å². The number of fused-ring (bicyclic) bond motifs is 1. The van der Waals surface area contributed by atoms with Crippen LogP contribution in [0.15, 0.2) is 67.3 Å². The van der Waals surface area contributed by atoms with Crippen LogP contribution in [-0.2, 0) is 53.3 Å². The van der Waals surface area contributed by atoms with Crippen LogP contribution in [0, 0.1) is 11.3 Å². The molecule has 5 unspecified atom stereocenters. The van der Waals surface area contributed by atoms with Crippen molar-refractivity contribution in [2.45, 2.75) is 121 Å². The van der Waals surface area contributed by atoms with E-state index in [1.54, 1.807) is 46.4 Å². The summed E-state index contributed by atoms with van der Waals surface area (Å²) in [6.45, 7) is 14.8. The summed E-state index contributed by atoms with van der Waals surface area (Å²) < 4.78 is 40.1. The van der Waals surface area contributed by atoms with Crippen molar-refractivity contribution in [1.82, 2.24) is 25.2 Å². The molecule has 0 aromatic heterocycles. The molecule has 5 amide bonds. The van der Waals surface area contributed by atoms with Crippen LogP contribution in [0.5, 0.6) is 0 Å². The Kier molecular flexibility index (Phi) is 11.3. The van der Waals surface area contributed by atoms with E-state index in [0.29, 0.717) is 32.4 Å². The van der Waals surface area contributed by atoms with E-state index >= 15 is 0 Å². The van der Waals surface area contributed by atoms with Gasteiger partial charge in [0.25, 0.3) is 5.91 Å². The van der Waals surface area contributed by atoms with E-state index in [9.17, 15) is 32.4 Å². The van der Waals surface area contributed by atoms with Gasteiger partial charge in [-0.3, -0.25) is 19.1 Å². The second-order valence-electron chi connectivity index (χ2n) is 17.9. The fraction of sp³-hybridized carbons (Fsp3) is 0.548. The Morgan fingerprint density at radius 1 is 0.965 bits per heavy atom. The summed E-state index contributed by atoms with van der Waals surface area (Å²) in [7, 11) is -4.17. The van der Waals surface area contributed by atoms with Crippen LogP contribution in [0.3, 0.4) is 0 Å². The Hall–Kier alpha value is -4.92. The number of carbonyl (C=O) groups excluding carboxylic acids is 5. The molecule has 308 valence electrons. The van der Waals surface area contributed by atoms with Crippen LogP contribution in [0.1, 0.15) is 83.9 Å². The number of rotatable bonds is 11. The van der Waals surface area contributed by atoms with Gasteiger partial charge in [0.05, 0.1) is 11.3 Å². The van der Waals surface area contributed by atoms with Gasteiger partial charge < -0.3 is 29.9 Å². The maximum Gasteiger partial charge on any atom is 0.410 e. The van der Waals surface area contributed by atoms with Gasteiger partial charge in [-0.1, -0.05) is 81.4 Å². The average molecular weight is 806 g/mol. The number of carbonyl (C=O) groups is 5. The third kappa shape index (κ3) is 9.13. The van der Waals surface area contributed by atoms with Gasteiger partial charge in [0, 0.05) is 25.4 Å². The minimum Gasteiger partial charge on any atom is -0.444 e. The lowest BCUT2D eigenvalue weighted by Gasteiger charge is -2.36. The van der Waals surface area contributed by atoms with E-state index in [0.717, 1.165) is 16.7 Å². The maximum atomic E-state index is 14.5. The number of nitrogens with one attached hydrogen (secondary N) is 3. The zero-order valence-corrected chi connectivity index (χ0v) is 34.4. The van der Waals surface area contributed by atoms with Gasteiger partial charge in [0.1, 0.15) is 29.3 Å². The quantitative estimate of drug-likeness (QED) is 0.278. The number of sulfonamides is 1. The second kappa shape index (κ2) is 15.4. The van der Waals surface area contributed by atoms with Crippen molar-refractivity contribution in [3.8, 4) is 0 Å². The SMILES string of the molecule is C=CC1CC1(NC(=O)C1CC(OC(=O)N2CCc3ccccc3C2)CN1C(=O)C(NC(=O)OC(C)(C)C)C(C)(C)C)C(=O)NS(=O)(=O)C1(Cc2ccccc2)CC1. The molecule has 2 aromatic rings. The molecule has 5 atom stereocenters. The Morgan fingerprint density at radius 3 is 2.21 bits per heavy atom. The number of ether oxygens (including phenoxy) is 2. The van der Waals surface area contributed by atoms with Crippen LogP contribution in [0.2, 0.25) is 0 Å². The van der Waals surface area contributed by atoms with Crippen molar-refractivity contribution >= 4 is 39.9 Å². The number of nitrogens with zero attached hydrogens (tertiary/aromatic N) is 2. The molecule has 2 aliphatic carbocycles. The average Bonchev–Trinajstić information content (AvgIpc) is 4.04. The van der Waals surface area contributed by atoms with Crippen molar-refractivity contribution in [2.75, 3.05) is 13.1 Å². The molecule has 3 fully saturated rings. The number of likely N-dealkylation sites (tertiary alicyclic amines) is 1. The van der Waals surface area contributed by atoms with E-state index in [2.05, 4.69) is 21.9 Å². The van der Waals surface area contributed by atoms with Crippen molar-refractivity contribution in [1.29, 1.82) is 0 Å². The standard InChI is InChI=1S/C42H55N5O9S/c1-8-30-24-42(30,36(50)45-57(53,54)41(19-20-41)23-27-14-10-9-11-15-27)44-34(48)32-22-31(55-38(52)46-21-18-28-16-12-13-17-29(28)25-46)26-47(32)35(49)33(39(2,3)4)43-37(51)56-40(5,6)7/h8-17,30-33H,1,18-26H2,2-7H3,(H,43,51)(H,44,48)(H,45,50). The first-order chi connectivity index (χ1) is 26.7. The van der Waals surface area contributed by atoms with Gasteiger partial charge in [0.2, 0.25) is 21.8 Å². The molecule has 2 saturated carbocycles. The molecular weight excluding hydrogens is 751 g/mol. The van der Waals surface area contributed by atoms with Gasteiger partial charge in [0.15, 0.2) is 0 Å². The van der Waals surface area contributed by atoms with Gasteiger partial charge in [-0.2, -0.15) is 0 Å². The second-order valence-corrected chi connectivity index (χ2v) is 20.0. The maximum absolute atomic E-state index is 14.5. The molecule has 0 spiro atoms. The lowest BCUT2D eigenvalue weighted by atomic mass is 9.85. The third-order valence-electron chi connectivity index (χ3n) is 11.3. The highest BCUT2D eigenvalue weighted by atomic mass is 32.2. The van der Waals surface area contributed by atoms with Gasteiger partial charge in [-0.15, -0.1) is 6.58 Å². The normalized spacial score (nSPS) is 24.3. The highest BCUT2D eigenvalue weighted by molar-refractivity contribution is 7.91. The molecule has 14 nitrogen and oxygen atoms in total. The Labute approximate surface area is 335 Å². The summed E-state index contributed by atoms with van der Waals surface area (Å²) in [6, 6.07) is 14.6.